The van der Waals surface area contributed by atoms with E-state index in [4.69, 9.17) is 4.74 Å². The number of hydrogen-bond donors (Lipinski definition) is 0. The van der Waals surface area contributed by atoms with Crippen LogP contribution in [0, 0.1) is 0 Å². The molecule has 2 amide bonds. The quantitative estimate of drug-likeness (QED) is 0.799. The second-order valence-corrected chi connectivity index (χ2v) is 6.35. The number of hydrogen-bond acceptors (Lipinski definition) is 4. The predicted molar refractivity (Wildman–Crippen MR) is 99.1 cm³/mol. The summed E-state index contributed by atoms with van der Waals surface area (Å²) in [6.45, 7) is 2.67. The summed E-state index contributed by atoms with van der Waals surface area (Å²) in [4.78, 5) is 32.5. The Morgan fingerprint density at radius 3 is 2.77 bits per heavy atom. The molecule has 0 fully saturated rings. The van der Waals surface area contributed by atoms with Crippen LogP contribution in [-0.2, 0) is 16.0 Å². The lowest BCUT2D eigenvalue weighted by Crippen LogP contribution is -2.46. The SMILES string of the molecule is CC1Oc2ccccc2N(CCC(=O)N(C)CCc2ccccn2)C1=O. The Kier molecular flexibility index (Phi) is 5.51. The highest BCUT2D eigenvalue weighted by molar-refractivity contribution is 6.00. The molecule has 0 N–H and O–H groups in total. The second-order valence-electron chi connectivity index (χ2n) is 6.35. The van der Waals surface area contributed by atoms with Crippen LogP contribution in [0.1, 0.15) is 19.0 Å². The highest BCUT2D eigenvalue weighted by Crippen LogP contribution is 2.33. The van der Waals surface area contributed by atoms with Crippen LogP contribution in [0.2, 0.25) is 0 Å². The van der Waals surface area contributed by atoms with E-state index in [0.717, 1.165) is 11.4 Å². The zero-order chi connectivity index (χ0) is 18.5. The van der Waals surface area contributed by atoms with Gasteiger partial charge in [0.1, 0.15) is 5.75 Å². The van der Waals surface area contributed by atoms with Gasteiger partial charge in [0, 0.05) is 44.9 Å². The van der Waals surface area contributed by atoms with Crippen molar-refractivity contribution in [1.82, 2.24) is 9.88 Å². The fraction of sp³-hybridized carbons (Fsp3) is 0.350. The van der Waals surface area contributed by atoms with Crippen molar-refractivity contribution in [2.75, 3.05) is 25.0 Å². The summed E-state index contributed by atoms with van der Waals surface area (Å²) in [6, 6.07) is 13.2. The molecule has 3 rings (SSSR count). The van der Waals surface area contributed by atoms with E-state index in [1.165, 1.54) is 0 Å². The number of likely N-dealkylation sites (N-methyl/N-ethyl adjacent to an activating group) is 1. The molecule has 0 bridgehead atoms. The molecule has 2 aromatic rings. The van der Waals surface area contributed by atoms with Gasteiger partial charge in [0.25, 0.3) is 5.91 Å². The van der Waals surface area contributed by atoms with Crippen LogP contribution in [0.3, 0.4) is 0 Å². The number of carbonyl (C=O) groups is 2. The smallest absolute Gasteiger partial charge is 0.267 e. The monoisotopic (exact) mass is 353 g/mol. The van der Waals surface area contributed by atoms with Crippen LogP contribution in [0.4, 0.5) is 5.69 Å². The maximum Gasteiger partial charge on any atom is 0.267 e. The fourth-order valence-electron chi connectivity index (χ4n) is 2.94. The van der Waals surface area contributed by atoms with Crippen LogP contribution in [-0.4, -0.2) is 47.9 Å². The zero-order valence-corrected chi connectivity index (χ0v) is 15.1. The molecular weight excluding hydrogens is 330 g/mol. The number of ether oxygens (including phenoxy) is 1. The molecule has 0 saturated heterocycles. The molecule has 6 heteroatoms. The van der Waals surface area contributed by atoms with Gasteiger partial charge >= 0.3 is 0 Å². The lowest BCUT2D eigenvalue weighted by atomic mass is 10.1. The van der Waals surface area contributed by atoms with Gasteiger partial charge in [-0.25, -0.2) is 0 Å². The lowest BCUT2D eigenvalue weighted by Gasteiger charge is -2.33. The first-order valence-electron chi connectivity index (χ1n) is 8.77. The molecule has 1 atom stereocenters. The molecule has 0 spiro atoms. The molecule has 1 aromatic carbocycles. The Morgan fingerprint density at radius 1 is 1.23 bits per heavy atom. The lowest BCUT2D eigenvalue weighted by molar-refractivity contribution is -0.130. The number of nitrogens with zero attached hydrogens (tertiary/aromatic N) is 3. The molecule has 0 saturated carbocycles. The Morgan fingerprint density at radius 2 is 2.00 bits per heavy atom. The van der Waals surface area contributed by atoms with Crippen molar-refractivity contribution in [2.24, 2.45) is 0 Å². The maximum absolute atomic E-state index is 12.4. The summed E-state index contributed by atoms with van der Waals surface area (Å²) in [6.07, 6.45) is 2.19. The topological polar surface area (TPSA) is 62.7 Å². The van der Waals surface area contributed by atoms with E-state index in [1.54, 1.807) is 30.0 Å². The van der Waals surface area contributed by atoms with E-state index in [1.807, 2.05) is 42.5 Å². The van der Waals surface area contributed by atoms with Gasteiger partial charge in [-0.1, -0.05) is 18.2 Å². The van der Waals surface area contributed by atoms with Crippen molar-refractivity contribution in [3.8, 4) is 5.75 Å². The van der Waals surface area contributed by atoms with Gasteiger partial charge in [0.05, 0.1) is 5.69 Å². The molecule has 6 nitrogen and oxygen atoms in total. The van der Waals surface area contributed by atoms with Gasteiger partial charge in [-0.05, 0) is 31.2 Å². The second kappa shape index (κ2) is 7.99. The Labute approximate surface area is 153 Å². The molecule has 1 aliphatic rings. The van der Waals surface area contributed by atoms with Crippen LogP contribution < -0.4 is 9.64 Å². The molecule has 1 aromatic heterocycles. The third-order valence-corrected chi connectivity index (χ3v) is 4.48. The van der Waals surface area contributed by atoms with Crippen LogP contribution >= 0.6 is 0 Å². The summed E-state index contributed by atoms with van der Waals surface area (Å²) >= 11 is 0. The highest BCUT2D eigenvalue weighted by Gasteiger charge is 2.31. The fourth-order valence-corrected chi connectivity index (χ4v) is 2.94. The van der Waals surface area contributed by atoms with Crippen molar-refractivity contribution in [1.29, 1.82) is 0 Å². The normalized spacial score (nSPS) is 16.0. The van der Waals surface area contributed by atoms with Crippen molar-refractivity contribution in [2.45, 2.75) is 25.9 Å². The standard InChI is InChI=1S/C20H23N3O3/c1-15-20(25)23(17-8-3-4-9-18(17)26-15)14-11-19(24)22(2)13-10-16-7-5-6-12-21-16/h3-9,12,15H,10-11,13-14H2,1-2H3. The average molecular weight is 353 g/mol. The molecular formula is C20H23N3O3. The Bertz CT molecular complexity index is 779. The Hall–Kier alpha value is -2.89. The Balaban J connectivity index is 1.57. The number of anilines is 1. The van der Waals surface area contributed by atoms with Gasteiger partial charge in [0.2, 0.25) is 5.91 Å². The van der Waals surface area contributed by atoms with E-state index in [2.05, 4.69) is 4.98 Å². The van der Waals surface area contributed by atoms with Crippen molar-refractivity contribution in [3.63, 3.8) is 0 Å². The van der Waals surface area contributed by atoms with Crippen LogP contribution in [0.25, 0.3) is 0 Å². The van der Waals surface area contributed by atoms with Crippen LogP contribution in [0.5, 0.6) is 5.75 Å². The van der Waals surface area contributed by atoms with Crippen LogP contribution in [0.15, 0.2) is 48.7 Å². The zero-order valence-electron chi connectivity index (χ0n) is 15.1. The molecule has 0 radical (unpaired) electrons. The molecule has 0 aliphatic carbocycles. The van der Waals surface area contributed by atoms with Crippen molar-refractivity contribution in [3.05, 3.63) is 54.4 Å². The minimum atomic E-state index is -0.540. The van der Waals surface area contributed by atoms with Gasteiger partial charge in [-0.15, -0.1) is 0 Å². The first-order valence-corrected chi connectivity index (χ1v) is 8.77. The average Bonchev–Trinajstić information content (AvgIpc) is 2.67. The largest absolute Gasteiger partial charge is 0.479 e. The van der Waals surface area contributed by atoms with Crippen molar-refractivity contribution < 1.29 is 14.3 Å². The molecule has 136 valence electrons. The number of para-hydroxylation sites is 2. The van der Waals surface area contributed by atoms with E-state index < -0.39 is 6.10 Å². The number of benzene rings is 1. The van der Waals surface area contributed by atoms with E-state index in [0.29, 0.717) is 25.3 Å². The third-order valence-electron chi connectivity index (χ3n) is 4.48. The van der Waals surface area contributed by atoms with E-state index in [9.17, 15) is 9.59 Å². The third kappa shape index (κ3) is 4.02. The van der Waals surface area contributed by atoms with Gasteiger partial charge in [0.15, 0.2) is 6.10 Å². The summed E-state index contributed by atoms with van der Waals surface area (Å²) < 4.78 is 5.62. The number of aromatic nitrogens is 1. The van der Waals surface area contributed by atoms with Gasteiger partial charge in [-0.2, -0.15) is 0 Å². The summed E-state index contributed by atoms with van der Waals surface area (Å²) in [5.41, 5.74) is 1.68. The van der Waals surface area contributed by atoms with E-state index >= 15 is 0 Å². The number of rotatable bonds is 6. The molecule has 2 heterocycles. The number of amides is 2. The summed E-state index contributed by atoms with van der Waals surface area (Å²) in [5.74, 6) is 0.563. The minimum Gasteiger partial charge on any atom is -0.479 e. The molecule has 1 unspecified atom stereocenters. The van der Waals surface area contributed by atoms with Gasteiger partial charge < -0.3 is 14.5 Å². The minimum absolute atomic E-state index is 0.00496. The van der Waals surface area contributed by atoms with Gasteiger partial charge in [-0.3, -0.25) is 14.6 Å². The molecule has 26 heavy (non-hydrogen) atoms. The predicted octanol–water partition coefficient (Wildman–Crippen LogP) is 2.29. The first kappa shape index (κ1) is 17.9. The van der Waals surface area contributed by atoms with E-state index in [-0.39, 0.29) is 18.2 Å². The summed E-state index contributed by atoms with van der Waals surface area (Å²) in [5, 5.41) is 0. The highest BCUT2D eigenvalue weighted by atomic mass is 16.5. The molecule has 1 aliphatic heterocycles. The summed E-state index contributed by atoms with van der Waals surface area (Å²) in [7, 11) is 1.78. The number of carbonyl (C=O) groups excluding carboxylic acids is 2. The maximum atomic E-state index is 12.4. The number of fused-ring (bicyclic) bond motifs is 1. The number of pyridine rings is 1. The van der Waals surface area contributed by atoms with Crippen molar-refractivity contribution >= 4 is 17.5 Å². The first-order chi connectivity index (χ1) is 12.6.